The van der Waals surface area contributed by atoms with E-state index in [9.17, 15) is 13.2 Å². The van der Waals surface area contributed by atoms with Gasteiger partial charge < -0.3 is 4.90 Å². The summed E-state index contributed by atoms with van der Waals surface area (Å²) in [4.78, 5) is 18.9. The lowest BCUT2D eigenvalue weighted by Gasteiger charge is -2.24. The molecule has 0 aliphatic carbocycles. The first kappa shape index (κ1) is 20.2. The molecule has 7 heteroatoms. The van der Waals surface area contributed by atoms with Crippen LogP contribution in [0.25, 0.3) is 0 Å². The van der Waals surface area contributed by atoms with Crippen LogP contribution in [0.15, 0.2) is 65.7 Å². The summed E-state index contributed by atoms with van der Waals surface area (Å²) in [5.41, 5.74) is 2.31. The number of amidine groups is 1. The number of hydrogen-bond donors (Lipinski definition) is 0. The molecule has 0 spiro atoms. The number of rotatable bonds is 6. The molecule has 2 aliphatic rings. The third-order valence-electron chi connectivity index (χ3n) is 5.35. The Labute approximate surface area is 176 Å². The van der Waals surface area contributed by atoms with Crippen LogP contribution in [-0.4, -0.2) is 53.7 Å². The maximum atomic E-state index is 12.5. The normalized spacial score (nSPS) is 24.0. The maximum Gasteiger partial charge on any atom is 0.248 e. The molecule has 1 amide bonds. The molecule has 4 rings (SSSR count). The Morgan fingerprint density at radius 2 is 1.59 bits per heavy atom. The molecule has 5 nitrogen and oxygen atoms in total. The highest BCUT2D eigenvalue weighted by molar-refractivity contribution is 8.15. The van der Waals surface area contributed by atoms with Gasteiger partial charge in [-0.2, -0.15) is 4.99 Å². The summed E-state index contributed by atoms with van der Waals surface area (Å²) in [5, 5.41) is 0.653. The van der Waals surface area contributed by atoms with Crippen LogP contribution in [0, 0.1) is 0 Å². The zero-order valence-corrected chi connectivity index (χ0v) is 17.7. The van der Waals surface area contributed by atoms with Gasteiger partial charge in [0, 0.05) is 18.2 Å². The first-order chi connectivity index (χ1) is 14.0. The number of fused-ring (bicyclic) bond motifs is 1. The average molecular weight is 429 g/mol. The lowest BCUT2D eigenvalue weighted by molar-refractivity contribution is -0.117. The van der Waals surface area contributed by atoms with E-state index in [1.54, 1.807) is 0 Å². The molecule has 0 aromatic heterocycles. The third kappa shape index (κ3) is 5.08. The number of benzene rings is 2. The molecule has 0 radical (unpaired) electrons. The fourth-order valence-electron chi connectivity index (χ4n) is 3.85. The van der Waals surface area contributed by atoms with Crippen LogP contribution in [-0.2, 0) is 27.5 Å². The van der Waals surface area contributed by atoms with Crippen molar-refractivity contribution in [2.45, 2.75) is 30.6 Å². The van der Waals surface area contributed by atoms with Crippen molar-refractivity contribution in [3.63, 3.8) is 0 Å². The van der Waals surface area contributed by atoms with E-state index in [0.29, 0.717) is 24.6 Å². The van der Waals surface area contributed by atoms with Crippen LogP contribution in [0.5, 0.6) is 0 Å². The Hall–Kier alpha value is -2.12. The second kappa shape index (κ2) is 8.71. The van der Waals surface area contributed by atoms with Gasteiger partial charge in [-0.05, 0) is 24.0 Å². The number of carbonyl (C=O) groups is 1. The van der Waals surface area contributed by atoms with E-state index in [0.717, 1.165) is 12.0 Å². The Morgan fingerprint density at radius 3 is 2.24 bits per heavy atom. The number of amides is 1. The third-order valence-corrected chi connectivity index (χ3v) is 8.60. The number of carbonyl (C=O) groups excluding carboxylic acids is 1. The first-order valence-corrected chi connectivity index (χ1v) is 12.5. The van der Waals surface area contributed by atoms with Crippen molar-refractivity contribution in [1.82, 2.24) is 4.90 Å². The standard InChI is InChI=1S/C22H24N2O3S2/c25-21(12-11-17-7-3-1-4-8-17)23-22-24(14-13-18-9-5-2-6-10-18)19-15-29(26,27)16-20(19)28-22/h1-10,19-20H,11-16H2/t19-,20-/m1/s1. The van der Waals surface area contributed by atoms with Gasteiger partial charge >= 0.3 is 0 Å². The van der Waals surface area contributed by atoms with Crippen LogP contribution >= 0.6 is 11.8 Å². The summed E-state index contributed by atoms with van der Waals surface area (Å²) in [6.07, 6.45) is 1.81. The molecule has 2 heterocycles. The molecule has 2 saturated heterocycles. The van der Waals surface area contributed by atoms with Crippen LogP contribution in [0.2, 0.25) is 0 Å². The van der Waals surface area contributed by atoms with E-state index in [-0.39, 0.29) is 28.7 Å². The summed E-state index contributed by atoms with van der Waals surface area (Å²) in [6.45, 7) is 0.665. The van der Waals surface area contributed by atoms with Crippen molar-refractivity contribution >= 4 is 32.7 Å². The zero-order valence-electron chi connectivity index (χ0n) is 16.1. The van der Waals surface area contributed by atoms with E-state index in [4.69, 9.17) is 0 Å². The van der Waals surface area contributed by atoms with Gasteiger partial charge in [0.05, 0.1) is 17.5 Å². The predicted molar refractivity (Wildman–Crippen MR) is 118 cm³/mol. The van der Waals surface area contributed by atoms with Crippen molar-refractivity contribution < 1.29 is 13.2 Å². The number of aryl methyl sites for hydroxylation is 1. The van der Waals surface area contributed by atoms with E-state index >= 15 is 0 Å². The molecule has 0 N–H and O–H groups in total. The molecule has 2 aromatic rings. The number of sulfone groups is 1. The van der Waals surface area contributed by atoms with Gasteiger partial charge in [0.1, 0.15) is 0 Å². The number of nitrogens with zero attached hydrogens (tertiary/aromatic N) is 2. The summed E-state index contributed by atoms with van der Waals surface area (Å²) in [6, 6.07) is 19.9. The van der Waals surface area contributed by atoms with E-state index < -0.39 is 9.84 Å². The monoisotopic (exact) mass is 428 g/mol. The van der Waals surface area contributed by atoms with Gasteiger partial charge in [-0.25, -0.2) is 8.42 Å². The fourth-order valence-corrected chi connectivity index (χ4v) is 7.84. The molecule has 152 valence electrons. The van der Waals surface area contributed by atoms with Gasteiger partial charge in [0.25, 0.3) is 0 Å². The van der Waals surface area contributed by atoms with Crippen molar-refractivity contribution in [3.05, 3.63) is 71.8 Å². The summed E-state index contributed by atoms with van der Waals surface area (Å²) >= 11 is 1.45. The molecule has 0 bridgehead atoms. The average Bonchev–Trinajstić information content (AvgIpc) is 3.17. The van der Waals surface area contributed by atoms with E-state index in [2.05, 4.69) is 17.1 Å². The molecular formula is C22H24N2O3S2. The van der Waals surface area contributed by atoms with Gasteiger partial charge in [-0.3, -0.25) is 4.79 Å². The SMILES string of the molecule is O=C(CCc1ccccc1)N=C1S[C@@H]2CS(=O)(=O)C[C@H]2N1CCc1ccccc1. The largest absolute Gasteiger partial charge is 0.346 e. The second-order valence-electron chi connectivity index (χ2n) is 7.50. The van der Waals surface area contributed by atoms with Crippen molar-refractivity contribution in [1.29, 1.82) is 0 Å². The van der Waals surface area contributed by atoms with Crippen LogP contribution in [0.3, 0.4) is 0 Å². The molecule has 0 unspecified atom stereocenters. The number of hydrogen-bond acceptors (Lipinski definition) is 4. The highest BCUT2D eigenvalue weighted by atomic mass is 32.2. The predicted octanol–water partition coefficient (Wildman–Crippen LogP) is 2.96. The molecule has 2 fully saturated rings. The lowest BCUT2D eigenvalue weighted by atomic mass is 10.1. The van der Waals surface area contributed by atoms with Gasteiger partial charge in [-0.1, -0.05) is 72.4 Å². The second-order valence-corrected chi connectivity index (χ2v) is 10.9. The summed E-state index contributed by atoms with van der Waals surface area (Å²) < 4.78 is 24.2. The number of aliphatic imine (C=N–C) groups is 1. The highest BCUT2D eigenvalue weighted by Crippen LogP contribution is 2.38. The van der Waals surface area contributed by atoms with Crippen molar-refractivity contribution in [3.8, 4) is 0 Å². The minimum atomic E-state index is -3.02. The molecular weight excluding hydrogens is 404 g/mol. The lowest BCUT2D eigenvalue weighted by Crippen LogP contribution is -2.39. The van der Waals surface area contributed by atoms with E-state index in [1.807, 2.05) is 53.4 Å². The van der Waals surface area contributed by atoms with Gasteiger partial charge in [0.2, 0.25) is 5.91 Å². The topological polar surface area (TPSA) is 66.8 Å². The Kier molecular flexibility index (Phi) is 6.06. The summed E-state index contributed by atoms with van der Waals surface area (Å²) in [5.74, 6) is 0.168. The molecule has 2 aromatic carbocycles. The smallest absolute Gasteiger partial charge is 0.248 e. The number of thioether (sulfide) groups is 1. The molecule has 0 saturated carbocycles. The van der Waals surface area contributed by atoms with Crippen molar-refractivity contribution in [2.75, 3.05) is 18.1 Å². The van der Waals surface area contributed by atoms with Gasteiger partial charge in [-0.15, -0.1) is 0 Å². The summed E-state index contributed by atoms with van der Waals surface area (Å²) in [7, 11) is -3.02. The van der Waals surface area contributed by atoms with Crippen LogP contribution in [0.4, 0.5) is 0 Å². The Balaban J connectivity index is 1.46. The van der Waals surface area contributed by atoms with E-state index in [1.165, 1.54) is 17.3 Å². The molecule has 2 atom stereocenters. The maximum absolute atomic E-state index is 12.5. The van der Waals surface area contributed by atoms with Crippen molar-refractivity contribution in [2.24, 2.45) is 4.99 Å². The molecule has 29 heavy (non-hydrogen) atoms. The first-order valence-electron chi connectivity index (χ1n) is 9.83. The minimum Gasteiger partial charge on any atom is -0.346 e. The molecule has 2 aliphatic heterocycles. The van der Waals surface area contributed by atoms with Gasteiger partial charge in [0.15, 0.2) is 15.0 Å². The quantitative estimate of drug-likeness (QED) is 0.708. The highest BCUT2D eigenvalue weighted by Gasteiger charge is 2.48. The minimum absolute atomic E-state index is 0.0311. The zero-order chi connectivity index (χ0) is 20.3. The Morgan fingerprint density at radius 1 is 0.966 bits per heavy atom. The van der Waals surface area contributed by atoms with Crippen LogP contribution in [0.1, 0.15) is 17.5 Å². The Bertz CT molecular complexity index is 991. The van der Waals surface area contributed by atoms with Crippen LogP contribution < -0.4 is 0 Å². The fraction of sp³-hybridized carbons (Fsp3) is 0.364.